The van der Waals surface area contributed by atoms with Crippen LogP contribution in [-0.2, 0) is 23.9 Å². The van der Waals surface area contributed by atoms with Crippen LogP contribution < -0.4 is 0 Å². The van der Waals surface area contributed by atoms with Gasteiger partial charge in [0.15, 0.2) is 0 Å². The van der Waals surface area contributed by atoms with Crippen molar-refractivity contribution in [2.45, 2.75) is 20.3 Å². The molecule has 0 rings (SSSR count). The molecule has 0 aliphatic rings. The molecule has 0 spiro atoms. The van der Waals surface area contributed by atoms with Gasteiger partial charge in [-0.3, -0.25) is 9.59 Å². The van der Waals surface area contributed by atoms with Crippen molar-refractivity contribution in [3.8, 4) is 0 Å². The fourth-order valence-electron chi connectivity index (χ4n) is 0.627. The molecule has 0 saturated carbocycles. The monoisotopic (exact) mass is 212 g/mol. The van der Waals surface area contributed by atoms with Crippen LogP contribution in [0.25, 0.3) is 0 Å². The summed E-state index contributed by atoms with van der Waals surface area (Å²) in [6.07, 6.45) is -0.549. The summed E-state index contributed by atoms with van der Waals surface area (Å²) in [5.74, 6) is -2.57. The Balaban J connectivity index is 0. The maximum atomic E-state index is 10.8. The van der Waals surface area contributed by atoms with Crippen LogP contribution in [0.1, 0.15) is 20.3 Å². The van der Waals surface area contributed by atoms with Crippen LogP contribution >= 0.6 is 0 Å². The third-order valence-electron chi connectivity index (χ3n) is 1.11. The van der Waals surface area contributed by atoms with E-state index in [4.69, 9.17) is 0 Å². The number of carbonyl (C=O) groups excluding carboxylic acids is 3. The van der Waals surface area contributed by atoms with Gasteiger partial charge in [-0.2, -0.15) is 0 Å². The quantitative estimate of drug-likeness (QED) is 0.264. The number of ketones is 1. The molecule has 0 heterocycles. The van der Waals surface area contributed by atoms with E-state index in [1.54, 1.807) is 13.8 Å². The van der Waals surface area contributed by atoms with Crippen LogP contribution in [0.15, 0.2) is 0 Å². The van der Waals surface area contributed by atoms with Crippen molar-refractivity contribution in [1.29, 1.82) is 0 Å². The third-order valence-corrected chi connectivity index (χ3v) is 1.11. The zero-order valence-corrected chi connectivity index (χ0v) is 7.66. The number of rotatable bonds is 5. The summed E-state index contributed by atoms with van der Waals surface area (Å²) in [6.45, 7) is 3.50. The summed E-state index contributed by atoms with van der Waals surface area (Å²) in [7, 11) is 0. The first kappa shape index (κ1) is 16.1. The second-order valence-corrected chi connectivity index (χ2v) is 2.13. The number of hydrogen-bond donors (Lipinski definition) is 0. The van der Waals surface area contributed by atoms with Crippen LogP contribution in [0.2, 0.25) is 0 Å². The predicted octanol–water partition coefficient (Wildman–Crippen LogP) is -0.577. The fraction of sp³-hybridized carbons (Fsp3) is 0.625. The molecule has 0 fully saturated rings. The first-order valence-electron chi connectivity index (χ1n) is 3.97. The van der Waals surface area contributed by atoms with Crippen LogP contribution in [0, 0.1) is 0 Å². The minimum absolute atomic E-state index is 0. The van der Waals surface area contributed by atoms with Crippen molar-refractivity contribution in [2.24, 2.45) is 0 Å². The van der Waals surface area contributed by atoms with Gasteiger partial charge in [-0.25, -0.2) is 4.79 Å². The Morgan fingerprint density at radius 1 is 1.00 bits per heavy atom. The van der Waals surface area contributed by atoms with E-state index in [-0.39, 0.29) is 42.8 Å². The van der Waals surface area contributed by atoms with E-state index in [2.05, 4.69) is 9.47 Å². The van der Waals surface area contributed by atoms with Gasteiger partial charge in [-0.05, 0) is 13.8 Å². The van der Waals surface area contributed by atoms with E-state index in [1.807, 2.05) is 0 Å². The first-order chi connectivity index (χ1) is 6.11. The molecular formula is C8H13NaO5. The molecule has 0 aliphatic heterocycles. The topological polar surface area (TPSA) is 69.7 Å². The Labute approximate surface area is 104 Å². The van der Waals surface area contributed by atoms with Crippen molar-refractivity contribution >= 4 is 47.3 Å². The summed E-state index contributed by atoms with van der Waals surface area (Å²) in [5.41, 5.74) is 0. The summed E-state index contributed by atoms with van der Waals surface area (Å²) in [6, 6.07) is 0. The predicted molar refractivity (Wildman–Crippen MR) is 50.0 cm³/mol. The molecule has 0 aromatic carbocycles. The Kier molecular flexibility index (Phi) is 10.5. The molecule has 0 radical (unpaired) electrons. The minimum atomic E-state index is -0.990. The number of esters is 2. The van der Waals surface area contributed by atoms with Gasteiger partial charge in [0.2, 0.25) is 0 Å². The van der Waals surface area contributed by atoms with Gasteiger partial charge in [-0.1, -0.05) is 0 Å². The Morgan fingerprint density at radius 2 is 1.50 bits per heavy atom. The first-order valence-corrected chi connectivity index (χ1v) is 3.97. The van der Waals surface area contributed by atoms with E-state index >= 15 is 0 Å². The van der Waals surface area contributed by atoms with E-state index in [0.717, 1.165) is 0 Å². The summed E-state index contributed by atoms with van der Waals surface area (Å²) < 4.78 is 8.86. The van der Waals surface area contributed by atoms with E-state index in [9.17, 15) is 14.4 Å². The zero-order chi connectivity index (χ0) is 10.3. The van der Waals surface area contributed by atoms with Crippen molar-refractivity contribution in [1.82, 2.24) is 0 Å². The van der Waals surface area contributed by atoms with Crippen LogP contribution in [0.3, 0.4) is 0 Å². The molecule has 0 atom stereocenters. The van der Waals surface area contributed by atoms with Crippen LogP contribution in [0.4, 0.5) is 0 Å². The maximum absolute atomic E-state index is 10.8. The van der Waals surface area contributed by atoms with Crippen molar-refractivity contribution in [3.05, 3.63) is 0 Å². The normalized spacial score (nSPS) is 8.43. The van der Waals surface area contributed by atoms with Gasteiger partial charge in [-0.15, -0.1) is 0 Å². The average Bonchev–Trinajstić information content (AvgIpc) is 2.05. The number of carbonyl (C=O) groups is 3. The molecular weight excluding hydrogens is 199 g/mol. The van der Waals surface area contributed by atoms with Gasteiger partial charge in [0.05, 0.1) is 13.2 Å². The molecule has 5 nitrogen and oxygen atoms in total. The molecule has 0 N–H and O–H groups in total. The molecule has 0 aromatic heterocycles. The van der Waals surface area contributed by atoms with E-state index in [0.29, 0.717) is 0 Å². The van der Waals surface area contributed by atoms with Crippen molar-refractivity contribution in [2.75, 3.05) is 13.2 Å². The molecule has 0 bridgehead atoms. The van der Waals surface area contributed by atoms with Gasteiger partial charge >= 0.3 is 41.5 Å². The summed E-state index contributed by atoms with van der Waals surface area (Å²) in [4.78, 5) is 32.3. The Bertz CT molecular complexity index is 214. The molecule has 0 amide bonds. The average molecular weight is 212 g/mol. The number of ether oxygens (including phenoxy) is 2. The number of Topliss-reactive ketones (excluding diaryl/α,β-unsaturated/α-hetero) is 1. The SMILES string of the molecule is CCOC(=O)CC(=O)C(=O)OCC.[NaH]. The standard InChI is InChI=1S/C8H12O5.Na.H/c1-3-12-7(10)5-6(9)8(11)13-4-2;;/h3-5H2,1-2H3;;. The van der Waals surface area contributed by atoms with E-state index < -0.39 is 24.1 Å². The second kappa shape index (κ2) is 9.18. The molecule has 0 aromatic rings. The van der Waals surface area contributed by atoms with Crippen LogP contribution in [0.5, 0.6) is 0 Å². The van der Waals surface area contributed by atoms with Crippen LogP contribution in [-0.4, -0.2) is 60.5 Å². The third kappa shape index (κ3) is 7.06. The summed E-state index contributed by atoms with van der Waals surface area (Å²) >= 11 is 0. The van der Waals surface area contributed by atoms with Gasteiger partial charge < -0.3 is 9.47 Å². The Hall–Kier alpha value is -0.390. The molecule has 0 unspecified atom stereocenters. The van der Waals surface area contributed by atoms with Gasteiger partial charge in [0.25, 0.3) is 5.78 Å². The zero-order valence-electron chi connectivity index (χ0n) is 7.66. The second-order valence-electron chi connectivity index (χ2n) is 2.13. The number of hydrogen-bond acceptors (Lipinski definition) is 5. The Morgan fingerprint density at radius 3 is 1.93 bits per heavy atom. The molecule has 0 aliphatic carbocycles. The van der Waals surface area contributed by atoms with Gasteiger partial charge in [0.1, 0.15) is 6.42 Å². The fourth-order valence-corrected chi connectivity index (χ4v) is 0.627. The molecule has 14 heavy (non-hydrogen) atoms. The summed E-state index contributed by atoms with van der Waals surface area (Å²) in [5, 5.41) is 0. The molecule has 6 heteroatoms. The van der Waals surface area contributed by atoms with E-state index in [1.165, 1.54) is 0 Å². The molecule has 76 valence electrons. The van der Waals surface area contributed by atoms with Crippen molar-refractivity contribution in [3.63, 3.8) is 0 Å². The van der Waals surface area contributed by atoms with Gasteiger partial charge in [0, 0.05) is 0 Å². The molecule has 0 saturated heterocycles. The van der Waals surface area contributed by atoms with Crippen molar-refractivity contribution < 1.29 is 23.9 Å².